The van der Waals surface area contributed by atoms with Gasteiger partial charge in [-0.25, -0.2) is 0 Å². The first-order valence-electron chi connectivity index (χ1n) is 10.2. The number of hydrogen-bond acceptors (Lipinski definition) is 3. The average molecular weight is 437 g/mol. The molecule has 0 atom stereocenters. The van der Waals surface area contributed by atoms with Crippen molar-refractivity contribution >= 4 is 33.9 Å². The van der Waals surface area contributed by atoms with Crippen molar-refractivity contribution in [2.75, 3.05) is 26.2 Å². The molecule has 0 radical (unpaired) electrons. The monoisotopic (exact) mass is 436 g/mol. The molecule has 5 rings (SSSR count). The van der Waals surface area contributed by atoms with E-state index in [9.17, 15) is 0 Å². The van der Waals surface area contributed by atoms with E-state index >= 15 is 0 Å². The number of para-hydroxylation sites is 2. The molecule has 0 unspecified atom stereocenters. The smallest absolute Gasteiger partial charge is 0.136 e. The molecule has 0 N–H and O–H groups in total. The molecule has 0 spiro atoms. The Bertz CT molecular complexity index is 1100. The molecule has 30 heavy (non-hydrogen) atoms. The van der Waals surface area contributed by atoms with Gasteiger partial charge < -0.3 is 9.64 Å². The van der Waals surface area contributed by atoms with Gasteiger partial charge in [-0.2, -0.15) is 0 Å². The summed E-state index contributed by atoms with van der Waals surface area (Å²) in [5.41, 5.74) is 4.20. The highest BCUT2D eigenvalue weighted by Crippen LogP contribution is 2.45. The van der Waals surface area contributed by atoms with Crippen LogP contribution in [0, 0.1) is 0 Å². The summed E-state index contributed by atoms with van der Waals surface area (Å²) in [4.78, 5) is 4.83. The Hall–Kier alpha value is -2.46. The maximum atomic E-state index is 6.99. The second kappa shape index (κ2) is 8.35. The molecule has 0 aromatic heterocycles. The zero-order valence-corrected chi connectivity index (χ0v) is 18.0. The number of halogens is 2. The third kappa shape index (κ3) is 3.69. The Morgan fingerprint density at radius 2 is 1.30 bits per heavy atom. The maximum Gasteiger partial charge on any atom is 0.136 e. The zero-order chi connectivity index (χ0) is 20.5. The summed E-state index contributed by atoms with van der Waals surface area (Å²) in [7, 11) is 0. The summed E-state index contributed by atoms with van der Waals surface area (Å²) >= 11 is 13.4. The van der Waals surface area contributed by atoms with Crippen LogP contribution in [0.2, 0.25) is 5.02 Å². The first-order valence-corrected chi connectivity index (χ1v) is 10.9. The topological polar surface area (TPSA) is 15.7 Å². The van der Waals surface area contributed by atoms with Crippen LogP contribution in [0.25, 0.3) is 10.7 Å². The Kier molecular flexibility index (Phi) is 5.43. The zero-order valence-electron chi connectivity index (χ0n) is 16.5. The lowest BCUT2D eigenvalue weighted by Gasteiger charge is -2.38. The number of piperazine rings is 1. The summed E-state index contributed by atoms with van der Waals surface area (Å²) in [5, 5.41) is 1.58. The van der Waals surface area contributed by atoms with Crippen molar-refractivity contribution in [3.8, 4) is 11.5 Å². The molecule has 2 heterocycles. The lowest BCUT2D eigenvalue weighted by molar-refractivity contribution is 0.169. The van der Waals surface area contributed by atoms with Crippen molar-refractivity contribution in [3.63, 3.8) is 0 Å². The van der Waals surface area contributed by atoms with Gasteiger partial charge in [0.2, 0.25) is 0 Å². The van der Waals surface area contributed by atoms with Gasteiger partial charge in [-0.05, 0) is 35.9 Å². The minimum absolute atomic E-state index is 0.745. The quantitative estimate of drug-likeness (QED) is 0.476. The van der Waals surface area contributed by atoms with E-state index in [2.05, 4.69) is 21.9 Å². The number of nitrogens with zero attached hydrogens (tertiary/aromatic N) is 2. The first kappa shape index (κ1) is 19.5. The molecule has 3 aromatic carbocycles. The third-order valence-corrected chi connectivity index (χ3v) is 6.49. The molecule has 2 aliphatic rings. The molecular formula is C25H22Cl2N2O. The van der Waals surface area contributed by atoms with Crippen molar-refractivity contribution in [2.45, 2.75) is 6.54 Å². The largest absolute Gasteiger partial charge is 0.456 e. The van der Waals surface area contributed by atoms with Crippen LogP contribution < -0.4 is 4.74 Å². The molecule has 1 fully saturated rings. The minimum Gasteiger partial charge on any atom is -0.456 e. The summed E-state index contributed by atoms with van der Waals surface area (Å²) < 4.78 is 6.23. The van der Waals surface area contributed by atoms with E-state index in [0.29, 0.717) is 0 Å². The molecule has 2 aliphatic heterocycles. The molecule has 5 heteroatoms. The SMILES string of the molecule is ClC1=C(N2CCN(Cc3ccccc3Cl)CC2)c2ccccc2Oc2ccccc21. The maximum absolute atomic E-state index is 6.99. The highest BCUT2D eigenvalue weighted by Gasteiger charge is 2.28. The van der Waals surface area contributed by atoms with Gasteiger partial charge in [0.05, 0.1) is 10.7 Å². The summed E-state index contributed by atoms with van der Waals surface area (Å²) in [5.74, 6) is 1.64. The van der Waals surface area contributed by atoms with Gasteiger partial charge in [0.1, 0.15) is 11.5 Å². The number of hydrogen-bond donors (Lipinski definition) is 0. The van der Waals surface area contributed by atoms with E-state index in [1.54, 1.807) is 0 Å². The summed E-state index contributed by atoms with van der Waals surface area (Å²) in [6, 6.07) is 24.2. The molecule has 0 amide bonds. The van der Waals surface area contributed by atoms with Gasteiger partial charge in [-0.15, -0.1) is 0 Å². The molecule has 0 saturated carbocycles. The number of fused-ring (bicyclic) bond motifs is 2. The van der Waals surface area contributed by atoms with Crippen molar-refractivity contribution in [3.05, 3.63) is 94.5 Å². The van der Waals surface area contributed by atoms with E-state index < -0.39 is 0 Å². The van der Waals surface area contributed by atoms with E-state index in [1.807, 2.05) is 60.7 Å². The normalized spacial score (nSPS) is 16.5. The highest BCUT2D eigenvalue weighted by molar-refractivity contribution is 6.53. The van der Waals surface area contributed by atoms with Gasteiger partial charge in [0.15, 0.2) is 0 Å². The van der Waals surface area contributed by atoms with Crippen LogP contribution in [0.4, 0.5) is 0 Å². The second-order valence-electron chi connectivity index (χ2n) is 7.61. The number of benzene rings is 3. The Morgan fingerprint density at radius 3 is 2.03 bits per heavy atom. The van der Waals surface area contributed by atoms with Crippen molar-refractivity contribution in [1.82, 2.24) is 9.80 Å². The summed E-state index contributed by atoms with van der Waals surface area (Å²) in [6.07, 6.45) is 0. The molecule has 1 saturated heterocycles. The van der Waals surface area contributed by atoms with Crippen LogP contribution in [-0.4, -0.2) is 36.0 Å². The minimum atomic E-state index is 0.745. The lowest BCUT2D eigenvalue weighted by Crippen LogP contribution is -2.45. The molecular weight excluding hydrogens is 415 g/mol. The molecule has 152 valence electrons. The average Bonchev–Trinajstić information content (AvgIpc) is 2.90. The Labute approximate surface area is 187 Å². The van der Waals surface area contributed by atoms with Gasteiger partial charge >= 0.3 is 0 Å². The molecule has 0 aliphatic carbocycles. The van der Waals surface area contributed by atoms with Crippen LogP contribution in [0.15, 0.2) is 72.8 Å². The van der Waals surface area contributed by atoms with Gasteiger partial charge in [0, 0.05) is 48.9 Å². The molecule has 3 aromatic rings. The van der Waals surface area contributed by atoms with Crippen LogP contribution in [0.5, 0.6) is 11.5 Å². The second-order valence-corrected chi connectivity index (χ2v) is 8.40. The van der Waals surface area contributed by atoms with Gasteiger partial charge in [-0.1, -0.05) is 65.7 Å². The van der Waals surface area contributed by atoms with E-state index in [-0.39, 0.29) is 0 Å². The summed E-state index contributed by atoms with van der Waals surface area (Å²) in [6.45, 7) is 4.55. The lowest BCUT2D eigenvalue weighted by atomic mass is 10.1. The fraction of sp³-hybridized carbons (Fsp3) is 0.200. The van der Waals surface area contributed by atoms with Crippen molar-refractivity contribution in [1.29, 1.82) is 0 Å². The Balaban J connectivity index is 1.43. The van der Waals surface area contributed by atoms with Gasteiger partial charge in [0.25, 0.3) is 0 Å². The van der Waals surface area contributed by atoms with E-state index in [4.69, 9.17) is 27.9 Å². The van der Waals surface area contributed by atoms with E-state index in [0.717, 1.165) is 71.1 Å². The van der Waals surface area contributed by atoms with E-state index in [1.165, 1.54) is 5.56 Å². The van der Waals surface area contributed by atoms with Crippen LogP contribution in [0.3, 0.4) is 0 Å². The fourth-order valence-corrected chi connectivity index (χ4v) is 4.73. The van der Waals surface area contributed by atoms with Crippen LogP contribution >= 0.6 is 23.2 Å². The molecule has 0 bridgehead atoms. The predicted octanol–water partition coefficient (Wildman–Crippen LogP) is 6.33. The number of rotatable bonds is 3. The first-order chi connectivity index (χ1) is 14.7. The number of ether oxygens (including phenoxy) is 1. The standard InChI is InChI=1S/C25H22Cl2N2O/c26-21-10-4-1-7-18(21)17-28-13-15-29(16-14-28)25-20-9-3-6-12-23(20)30-22-11-5-2-8-19(22)24(25)27/h1-12H,13-17H2. The predicted molar refractivity (Wildman–Crippen MR) is 124 cm³/mol. The van der Waals surface area contributed by atoms with Crippen LogP contribution in [0.1, 0.15) is 16.7 Å². The van der Waals surface area contributed by atoms with Gasteiger partial charge in [-0.3, -0.25) is 4.90 Å². The fourth-order valence-electron chi connectivity index (χ4n) is 4.16. The third-order valence-electron chi connectivity index (χ3n) is 5.73. The Morgan fingerprint density at radius 1 is 0.700 bits per heavy atom. The van der Waals surface area contributed by atoms with Crippen molar-refractivity contribution < 1.29 is 4.74 Å². The highest BCUT2D eigenvalue weighted by atomic mass is 35.5. The van der Waals surface area contributed by atoms with Crippen LogP contribution in [-0.2, 0) is 6.54 Å². The molecule has 3 nitrogen and oxygen atoms in total. The van der Waals surface area contributed by atoms with Crippen molar-refractivity contribution in [2.24, 2.45) is 0 Å².